The van der Waals surface area contributed by atoms with Gasteiger partial charge in [-0.15, -0.1) is 0 Å². The van der Waals surface area contributed by atoms with Crippen LogP contribution in [0.3, 0.4) is 0 Å². The van der Waals surface area contributed by atoms with Crippen molar-refractivity contribution in [2.75, 3.05) is 0 Å². The molecule has 2 aromatic rings. The zero-order chi connectivity index (χ0) is 10.1. The number of rotatable bonds is 2. The molecule has 2 heterocycles. The highest BCUT2D eigenvalue weighted by atomic mass is 15.3. The quantitative estimate of drug-likeness (QED) is 0.725. The molecule has 14 heavy (non-hydrogen) atoms. The van der Waals surface area contributed by atoms with E-state index in [0.717, 1.165) is 11.4 Å². The minimum atomic E-state index is 0.397. The Morgan fingerprint density at radius 2 is 2.07 bits per heavy atom. The van der Waals surface area contributed by atoms with Crippen molar-refractivity contribution in [2.45, 2.75) is 26.8 Å². The van der Waals surface area contributed by atoms with Crippen LogP contribution >= 0.6 is 0 Å². The molecule has 2 aromatic heterocycles. The second-order valence-electron chi connectivity index (χ2n) is 3.69. The molecule has 0 saturated carbocycles. The second kappa shape index (κ2) is 3.29. The van der Waals surface area contributed by atoms with Gasteiger partial charge >= 0.3 is 0 Å². The summed E-state index contributed by atoms with van der Waals surface area (Å²) in [4.78, 5) is 4.17. The third-order valence-corrected chi connectivity index (χ3v) is 2.13. The lowest BCUT2D eigenvalue weighted by atomic mass is 10.4. The predicted molar refractivity (Wildman–Crippen MR) is 54.5 cm³/mol. The van der Waals surface area contributed by atoms with Gasteiger partial charge in [0.2, 0.25) is 0 Å². The molecule has 0 saturated heterocycles. The van der Waals surface area contributed by atoms with E-state index >= 15 is 0 Å². The molecule has 0 spiro atoms. The minimum absolute atomic E-state index is 0.397. The summed E-state index contributed by atoms with van der Waals surface area (Å²) >= 11 is 0. The molecule has 0 aliphatic rings. The summed E-state index contributed by atoms with van der Waals surface area (Å²) in [7, 11) is 0. The lowest BCUT2D eigenvalue weighted by Crippen LogP contribution is -2.00. The van der Waals surface area contributed by atoms with Gasteiger partial charge in [-0.2, -0.15) is 5.10 Å². The fraction of sp³-hybridized carbons (Fsp3) is 0.400. The van der Waals surface area contributed by atoms with Crippen LogP contribution in [-0.4, -0.2) is 19.3 Å². The lowest BCUT2D eigenvalue weighted by molar-refractivity contribution is 0.532. The van der Waals surface area contributed by atoms with E-state index in [9.17, 15) is 0 Å². The van der Waals surface area contributed by atoms with E-state index in [1.807, 2.05) is 34.8 Å². The molecule has 2 rings (SSSR count). The Kier molecular flexibility index (Phi) is 2.11. The van der Waals surface area contributed by atoms with E-state index in [-0.39, 0.29) is 0 Å². The maximum absolute atomic E-state index is 4.27. The summed E-state index contributed by atoms with van der Waals surface area (Å²) in [6, 6.07) is 0.397. The van der Waals surface area contributed by atoms with Crippen LogP contribution in [0.5, 0.6) is 0 Å². The molecule has 4 nitrogen and oxygen atoms in total. The van der Waals surface area contributed by atoms with Gasteiger partial charge in [-0.25, -0.2) is 4.98 Å². The maximum atomic E-state index is 4.27. The average Bonchev–Trinajstić information content (AvgIpc) is 2.70. The molecular formula is C10H14N4. The van der Waals surface area contributed by atoms with Crippen molar-refractivity contribution in [3.05, 3.63) is 30.6 Å². The monoisotopic (exact) mass is 190 g/mol. The van der Waals surface area contributed by atoms with Crippen LogP contribution in [0.25, 0.3) is 5.69 Å². The van der Waals surface area contributed by atoms with E-state index in [1.54, 1.807) is 6.33 Å². The van der Waals surface area contributed by atoms with Crippen molar-refractivity contribution in [1.29, 1.82) is 0 Å². The topological polar surface area (TPSA) is 35.6 Å². The van der Waals surface area contributed by atoms with Crippen LogP contribution < -0.4 is 0 Å². The van der Waals surface area contributed by atoms with Crippen LogP contribution in [0.2, 0.25) is 0 Å². The highest BCUT2D eigenvalue weighted by Crippen LogP contribution is 2.10. The third kappa shape index (κ3) is 1.55. The molecule has 0 radical (unpaired) electrons. The molecule has 0 bridgehead atoms. The highest BCUT2D eigenvalue weighted by molar-refractivity contribution is 5.26. The number of aryl methyl sites for hydroxylation is 1. The normalized spacial score (nSPS) is 11.1. The van der Waals surface area contributed by atoms with Gasteiger partial charge in [0.05, 0.1) is 23.9 Å². The van der Waals surface area contributed by atoms with Crippen molar-refractivity contribution >= 4 is 0 Å². The molecule has 0 amide bonds. The molecular weight excluding hydrogens is 176 g/mol. The molecule has 74 valence electrons. The molecule has 0 fully saturated rings. The SMILES string of the molecule is Cc1cn(-c2cnn(C(C)C)c2)cn1. The summed E-state index contributed by atoms with van der Waals surface area (Å²) in [6.07, 6.45) is 7.66. The first kappa shape index (κ1) is 8.99. The van der Waals surface area contributed by atoms with E-state index in [2.05, 4.69) is 23.9 Å². The van der Waals surface area contributed by atoms with E-state index in [0.29, 0.717) is 6.04 Å². The van der Waals surface area contributed by atoms with Gasteiger partial charge in [-0.05, 0) is 20.8 Å². The number of aromatic nitrogens is 4. The Balaban J connectivity index is 2.33. The summed E-state index contributed by atoms with van der Waals surface area (Å²) in [5.41, 5.74) is 2.07. The maximum Gasteiger partial charge on any atom is 0.0996 e. The van der Waals surface area contributed by atoms with Gasteiger partial charge < -0.3 is 4.57 Å². The van der Waals surface area contributed by atoms with Crippen LogP contribution in [0.4, 0.5) is 0 Å². The molecule has 0 unspecified atom stereocenters. The zero-order valence-corrected chi connectivity index (χ0v) is 8.68. The Hall–Kier alpha value is -1.58. The number of imidazole rings is 1. The van der Waals surface area contributed by atoms with Crippen LogP contribution in [-0.2, 0) is 0 Å². The first-order valence-corrected chi connectivity index (χ1v) is 4.72. The smallest absolute Gasteiger partial charge is 0.0996 e. The van der Waals surface area contributed by atoms with Crippen molar-refractivity contribution in [2.24, 2.45) is 0 Å². The molecule has 4 heteroatoms. The van der Waals surface area contributed by atoms with Crippen LogP contribution in [0.15, 0.2) is 24.9 Å². The second-order valence-corrected chi connectivity index (χ2v) is 3.69. The number of nitrogens with zero attached hydrogens (tertiary/aromatic N) is 4. The van der Waals surface area contributed by atoms with E-state index < -0.39 is 0 Å². The first-order chi connectivity index (χ1) is 6.66. The highest BCUT2D eigenvalue weighted by Gasteiger charge is 2.03. The summed E-state index contributed by atoms with van der Waals surface area (Å²) in [6.45, 7) is 6.19. The third-order valence-electron chi connectivity index (χ3n) is 2.13. The Bertz CT molecular complexity index is 425. The van der Waals surface area contributed by atoms with Gasteiger partial charge in [0, 0.05) is 18.4 Å². The van der Waals surface area contributed by atoms with E-state index in [1.165, 1.54) is 0 Å². The summed E-state index contributed by atoms with van der Waals surface area (Å²) in [5, 5.41) is 4.27. The van der Waals surface area contributed by atoms with Gasteiger partial charge in [-0.3, -0.25) is 4.68 Å². The Labute approximate surface area is 83.2 Å². The van der Waals surface area contributed by atoms with Crippen molar-refractivity contribution < 1.29 is 0 Å². The average molecular weight is 190 g/mol. The van der Waals surface area contributed by atoms with Crippen molar-refractivity contribution in [3.8, 4) is 5.69 Å². The molecule has 0 aliphatic carbocycles. The molecule has 0 aliphatic heterocycles. The molecule has 0 aromatic carbocycles. The Morgan fingerprint density at radius 1 is 1.29 bits per heavy atom. The van der Waals surface area contributed by atoms with Crippen molar-refractivity contribution in [3.63, 3.8) is 0 Å². The fourth-order valence-corrected chi connectivity index (χ4v) is 1.31. The van der Waals surface area contributed by atoms with Gasteiger partial charge in [0.25, 0.3) is 0 Å². The minimum Gasteiger partial charge on any atom is -0.303 e. The molecule has 0 N–H and O–H groups in total. The van der Waals surface area contributed by atoms with Gasteiger partial charge in [-0.1, -0.05) is 0 Å². The van der Waals surface area contributed by atoms with Gasteiger partial charge in [0.1, 0.15) is 0 Å². The standard InChI is InChI=1S/C10H14N4/c1-8(2)14-6-10(4-12-14)13-5-9(3)11-7-13/h4-8H,1-3H3. The summed E-state index contributed by atoms with van der Waals surface area (Å²) < 4.78 is 3.91. The zero-order valence-electron chi connectivity index (χ0n) is 8.68. The Morgan fingerprint density at radius 3 is 2.57 bits per heavy atom. The van der Waals surface area contributed by atoms with Crippen molar-refractivity contribution in [1.82, 2.24) is 19.3 Å². The van der Waals surface area contributed by atoms with E-state index in [4.69, 9.17) is 0 Å². The lowest BCUT2D eigenvalue weighted by Gasteiger charge is -2.02. The fourth-order valence-electron chi connectivity index (χ4n) is 1.31. The largest absolute Gasteiger partial charge is 0.303 e. The predicted octanol–water partition coefficient (Wildman–Crippen LogP) is 1.96. The van der Waals surface area contributed by atoms with Crippen LogP contribution in [0, 0.1) is 6.92 Å². The van der Waals surface area contributed by atoms with Gasteiger partial charge in [0.15, 0.2) is 0 Å². The van der Waals surface area contributed by atoms with Crippen LogP contribution in [0.1, 0.15) is 25.6 Å². The first-order valence-electron chi connectivity index (χ1n) is 4.72. The number of hydrogen-bond acceptors (Lipinski definition) is 2. The summed E-state index contributed by atoms with van der Waals surface area (Å²) in [5.74, 6) is 0. The molecule has 0 atom stereocenters. The number of hydrogen-bond donors (Lipinski definition) is 0.